The average Bonchev–Trinajstić information content (AvgIpc) is 2.93. The molecule has 0 atom stereocenters. The van der Waals surface area contributed by atoms with Gasteiger partial charge in [-0.2, -0.15) is 0 Å². The summed E-state index contributed by atoms with van der Waals surface area (Å²) in [5, 5.41) is 2.73. The fourth-order valence-electron chi connectivity index (χ4n) is 3.86. The highest BCUT2D eigenvalue weighted by molar-refractivity contribution is 6.35. The van der Waals surface area contributed by atoms with Crippen molar-refractivity contribution in [3.05, 3.63) is 35.5 Å². The van der Waals surface area contributed by atoms with Crippen molar-refractivity contribution in [1.82, 2.24) is 9.80 Å². The van der Waals surface area contributed by atoms with E-state index in [9.17, 15) is 14.4 Å². The minimum Gasteiger partial charge on any atom is -0.377 e. The Morgan fingerprint density at radius 1 is 1.13 bits per heavy atom. The molecule has 0 unspecified atom stereocenters. The van der Waals surface area contributed by atoms with Gasteiger partial charge in [-0.25, -0.2) is 0 Å². The van der Waals surface area contributed by atoms with Crippen LogP contribution in [0.3, 0.4) is 0 Å². The third kappa shape index (κ3) is 4.90. The SMILES string of the molecule is CC(=O)Nc1ccc(C2=C(N3CCC(C)CC3)C(=O)N(CCOC(C)C)C2=O)cc1. The Morgan fingerprint density at radius 2 is 1.77 bits per heavy atom. The fourth-order valence-corrected chi connectivity index (χ4v) is 3.86. The number of imide groups is 1. The van der Waals surface area contributed by atoms with Crippen LogP contribution in [-0.2, 0) is 19.1 Å². The van der Waals surface area contributed by atoms with E-state index in [4.69, 9.17) is 4.74 Å². The molecule has 0 aromatic heterocycles. The van der Waals surface area contributed by atoms with E-state index < -0.39 is 0 Å². The summed E-state index contributed by atoms with van der Waals surface area (Å²) < 4.78 is 5.57. The third-order valence-electron chi connectivity index (χ3n) is 5.50. The van der Waals surface area contributed by atoms with Crippen LogP contribution in [0.15, 0.2) is 30.0 Å². The van der Waals surface area contributed by atoms with E-state index in [-0.39, 0.29) is 30.4 Å². The molecule has 30 heavy (non-hydrogen) atoms. The van der Waals surface area contributed by atoms with Crippen molar-refractivity contribution in [3.63, 3.8) is 0 Å². The second-order valence-electron chi connectivity index (χ2n) is 8.33. The minimum absolute atomic E-state index is 0.0367. The predicted molar refractivity (Wildman–Crippen MR) is 115 cm³/mol. The molecule has 0 radical (unpaired) electrons. The lowest BCUT2D eigenvalue weighted by Crippen LogP contribution is -2.39. The van der Waals surface area contributed by atoms with Gasteiger partial charge in [0.05, 0.1) is 24.8 Å². The topological polar surface area (TPSA) is 79.0 Å². The summed E-state index contributed by atoms with van der Waals surface area (Å²) in [7, 11) is 0. The number of hydrogen-bond acceptors (Lipinski definition) is 5. The number of carbonyl (C=O) groups excluding carboxylic acids is 3. The highest BCUT2D eigenvalue weighted by Gasteiger charge is 2.41. The van der Waals surface area contributed by atoms with Crippen molar-refractivity contribution in [2.45, 2.75) is 46.6 Å². The molecule has 0 saturated carbocycles. The van der Waals surface area contributed by atoms with E-state index in [1.807, 2.05) is 13.8 Å². The molecule has 3 amide bonds. The van der Waals surface area contributed by atoms with Crippen LogP contribution in [-0.4, -0.2) is 59.9 Å². The van der Waals surface area contributed by atoms with Gasteiger partial charge in [-0.3, -0.25) is 19.3 Å². The molecule has 2 aliphatic heterocycles. The van der Waals surface area contributed by atoms with Gasteiger partial charge in [0.2, 0.25) is 5.91 Å². The standard InChI is InChI=1S/C23H31N3O4/c1-15(2)30-14-13-26-22(28)20(18-5-7-19(8-6-18)24-17(4)27)21(23(26)29)25-11-9-16(3)10-12-25/h5-8,15-16H,9-14H2,1-4H3,(H,24,27). The molecule has 162 valence electrons. The van der Waals surface area contributed by atoms with Crippen LogP contribution in [0, 0.1) is 5.92 Å². The first-order valence-corrected chi connectivity index (χ1v) is 10.6. The number of hydrogen-bond donors (Lipinski definition) is 1. The van der Waals surface area contributed by atoms with Gasteiger partial charge in [0.15, 0.2) is 0 Å². The van der Waals surface area contributed by atoms with E-state index in [0.717, 1.165) is 25.9 Å². The van der Waals surface area contributed by atoms with Crippen LogP contribution >= 0.6 is 0 Å². The highest BCUT2D eigenvalue weighted by atomic mass is 16.5. The van der Waals surface area contributed by atoms with E-state index in [0.29, 0.717) is 35.0 Å². The van der Waals surface area contributed by atoms with Gasteiger partial charge in [-0.05, 0) is 50.3 Å². The van der Waals surface area contributed by atoms with Crippen LogP contribution in [0.1, 0.15) is 46.1 Å². The number of likely N-dealkylation sites (tertiary alicyclic amines) is 1. The van der Waals surface area contributed by atoms with Gasteiger partial charge in [-0.15, -0.1) is 0 Å². The average molecular weight is 414 g/mol. The Hall–Kier alpha value is -2.67. The Bertz CT molecular complexity index is 837. The number of nitrogens with one attached hydrogen (secondary N) is 1. The van der Waals surface area contributed by atoms with Crippen LogP contribution in [0.5, 0.6) is 0 Å². The maximum absolute atomic E-state index is 13.3. The number of piperidine rings is 1. The van der Waals surface area contributed by atoms with Crippen LogP contribution < -0.4 is 5.32 Å². The summed E-state index contributed by atoms with van der Waals surface area (Å²) in [6, 6.07) is 7.07. The number of ether oxygens (including phenoxy) is 1. The largest absolute Gasteiger partial charge is 0.377 e. The van der Waals surface area contributed by atoms with Gasteiger partial charge >= 0.3 is 0 Å². The smallest absolute Gasteiger partial charge is 0.277 e. The lowest BCUT2D eigenvalue weighted by Gasteiger charge is -2.32. The Labute approximate surface area is 178 Å². The first-order chi connectivity index (χ1) is 14.3. The van der Waals surface area contributed by atoms with E-state index >= 15 is 0 Å². The first kappa shape index (κ1) is 22.0. The third-order valence-corrected chi connectivity index (χ3v) is 5.50. The van der Waals surface area contributed by atoms with Crippen molar-refractivity contribution < 1.29 is 19.1 Å². The molecule has 1 saturated heterocycles. The molecule has 3 rings (SSSR count). The van der Waals surface area contributed by atoms with E-state index in [1.54, 1.807) is 24.3 Å². The lowest BCUT2D eigenvalue weighted by molar-refractivity contribution is -0.138. The van der Waals surface area contributed by atoms with Crippen molar-refractivity contribution in [2.75, 3.05) is 31.6 Å². The zero-order chi connectivity index (χ0) is 21.8. The summed E-state index contributed by atoms with van der Waals surface area (Å²) in [5.41, 5.74) is 2.26. The zero-order valence-electron chi connectivity index (χ0n) is 18.2. The van der Waals surface area contributed by atoms with Crippen LogP contribution in [0.25, 0.3) is 5.57 Å². The van der Waals surface area contributed by atoms with Crippen LogP contribution in [0.4, 0.5) is 5.69 Å². The maximum atomic E-state index is 13.3. The molecule has 0 spiro atoms. The molecule has 7 nitrogen and oxygen atoms in total. The second-order valence-corrected chi connectivity index (χ2v) is 8.33. The number of rotatable bonds is 7. The van der Waals surface area contributed by atoms with Crippen molar-refractivity contribution >= 4 is 29.0 Å². The number of nitrogens with zero attached hydrogens (tertiary/aromatic N) is 2. The zero-order valence-corrected chi connectivity index (χ0v) is 18.2. The molecule has 1 aromatic carbocycles. The number of anilines is 1. The molecular formula is C23H31N3O4. The monoisotopic (exact) mass is 413 g/mol. The van der Waals surface area contributed by atoms with Crippen molar-refractivity contribution in [1.29, 1.82) is 0 Å². The molecular weight excluding hydrogens is 382 g/mol. The summed E-state index contributed by atoms with van der Waals surface area (Å²) in [6.45, 7) is 9.58. The molecule has 0 bridgehead atoms. The Morgan fingerprint density at radius 3 is 2.33 bits per heavy atom. The molecule has 1 N–H and O–H groups in total. The van der Waals surface area contributed by atoms with Crippen molar-refractivity contribution in [2.24, 2.45) is 5.92 Å². The molecule has 7 heteroatoms. The Balaban J connectivity index is 1.91. The molecule has 1 aromatic rings. The summed E-state index contributed by atoms with van der Waals surface area (Å²) >= 11 is 0. The summed E-state index contributed by atoms with van der Waals surface area (Å²) in [5.74, 6) is -0.0744. The van der Waals surface area contributed by atoms with E-state index in [1.165, 1.54) is 11.8 Å². The van der Waals surface area contributed by atoms with Crippen molar-refractivity contribution in [3.8, 4) is 0 Å². The van der Waals surface area contributed by atoms with Gasteiger partial charge in [0, 0.05) is 25.7 Å². The molecule has 0 aliphatic carbocycles. The molecule has 2 aliphatic rings. The van der Waals surface area contributed by atoms with Gasteiger partial charge in [0.1, 0.15) is 5.70 Å². The highest BCUT2D eigenvalue weighted by Crippen LogP contribution is 2.34. The number of amides is 3. The second kappa shape index (κ2) is 9.43. The predicted octanol–water partition coefficient (Wildman–Crippen LogP) is 2.88. The fraction of sp³-hybridized carbons (Fsp3) is 0.522. The number of carbonyl (C=O) groups is 3. The van der Waals surface area contributed by atoms with Gasteiger partial charge in [-0.1, -0.05) is 19.1 Å². The minimum atomic E-state index is -0.284. The quantitative estimate of drug-likeness (QED) is 0.696. The Kier molecular flexibility index (Phi) is 6.92. The molecule has 2 heterocycles. The summed E-state index contributed by atoms with van der Waals surface area (Å²) in [6.07, 6.45) is 2.03. The maximum Gasteiger partial charge on any atom is 0.277 e. The van der Waals surface area contributed by atoms with Gasteiger partial charge < -0.3 is 15.0 Å². The first-order valence-electron chi connectivity index (χ1n) is 10.6. The van der Waals surface area contributed by atoms with Gasteiger partial charge in [0.25, 0.3) is 11.8 Å². The number of benzene rings is 1. The molecule has 1 fully saturated rings. The normalized spacial score (nSPS) is 18.0. The lowest BCUT2D eigenvalue weighted by atomic mass is 9.97. The van der Waals surface area contributed by atoms with Crippen LogP contribution in [0.2, 0.25) is 0 Å². The summed E-state index contributed by atoms with van der Waals surface area (Å²) in [4.78, 5) is 41.2. The van der Waals surface area contributed by atoms with E-state index in [2.05, 4.69) is 17.1 Å².